The molecule has 2 aromatic carbocycles. The van der Waals surface area contributed by atoms with Gasteiger partial charge in [-0.25, -0.2) is 9.82 Å². The maximum absolute atomic E-state index is 14.2. The molecule has 21 heavy (non-hydrogen) atoms. The van der Waals surface area contributed by atoms with E-state index in [9.17, 15) is 4.39 Å². The SMILES string of the molecule is Cc1ccc(C(NN)c2cccc(OC3CC3)c2)c(F)c1. The van der Waals surface area contributed by atoms with E-state index >= 15 is 0 Å². The third-order valence-electron chi connectivity index (χ3n) is 3.65. The van der Waals surface area contributed by atoms with Crippen molar-refractivity contribution in [1.82, 2.24) is 5.43 Å². The zero-order valence-electron chi connectivity index (χ0n) is 12.0. The second-order valence-electron chi connectivity index (χ2n) is 5.51. The normalized spacial score (nSPS) is 15.8. The van der Waals surface area contributed by atoms with E-state index in [0.29, 0.717) is 11.7 Å². The third kappa shape index (κ3) is 3.23. The zero-order valence-corrected chi connectivity index (χ0v) is 12.0. The smallest absolute Gasteiger partial charge is 0.128 e. The van der Waals surface area contributed by atoms with Crippen LogP contribution in [0.1, 0.15) is 35.6 Å². The number of nitrogens with two attached hydrogens (primary N) is 1. The molecule has 110 valence electrons. The molecule has 1 saturated carbocycles. The van der Waals surface area contributed by atoms with Gasteiger partial charge in [-0.05, 0) is 49.1 Å². The summed E-state index contributed by atoms with van der Waals surface area (Å²) in [6.45, 7) is 1.86. The minimum atomic E-state index is -0.395. The predicted octanol–water partition coefficient (Wildman–Crippen LogP) is 3.23. The minimum absolute atomic E-state index is 0.258. The van der Waals surface area contributed by atoms with Crippen LogP contribution < -0.4 is 16.0 Å². The quantitative estimate of drug-likeness (QED) is 0.655. The third-order valence-corrected chi connectivity index (χ3v) is 3.65. The Balaban J connectivity index is 1.91. The molecule has 0 aliphatic heterocycles. The van der Waals surface area contributed by atoms with Crippen molar-refractivity contribution in [3.05, 3.63) is 65.0 Å². The van der Waals surface area contributed by atoms with E-state index in [1.807, 2.05) is 37.3 Å². The van der Waals surface area contributed by atoms with Gasteiger partial charge in [0.2, 0.25) is 0 Å². The molecule has 1 unspecified atom stereocenters. The van der Waals surface area contributed by atoms with Crippen molar-refractivity contribution in [2.45, 2.75) is 31.9 Å². The molecule has 0 bridgehead atoms. The van der Waals surface area contributed by atoms with Crippen molar-refractivity contribution in [2.24, 2.45) is 5.84 Å². The average molecular weight is 286 g/mol. The summed E-state index contributed by atoms with van der Waals surface area (Å²) in [6, 6.07) is 12.4. The van der Waals surface area contributed by atoms with Crippen molar-refractivity contribution in [1.29, 1.82) is 0 Å². The zero-order chi connectivity index (χ0) is 14.8. The molecule has 1 aliphatic rings. The first-order valence-corrected chi connectivity index (χ1v) is 7.16. The lowest BCUT2D eigenvalue weighted by Crippen LogP contribution is -2.29. The summed E-state index contributed by atoms with van der Waals surface area (Å²) < 4.78 is 20.0. The Bertz CT molecular complexity index is 640. The molecule has 0 amide bonds. The standard InChI is InChI=1S/C17H19FN2O/c1-11-5-8-15(16(18)9-11)17(20-19)12-3-2-4-14(10-12)21-13-6-7-13/h2-5,8-10,13,17,20H,6-7,19H2,1H3. The topological polar surface area (TPSA) is 47.3 Å². The summed E-state index contributed by atoms with van der Waals surface area (Å²) in [4.78, 5) is 0. The number of benzene rings is 2. The molecule has 0 spiro atoms. The molecule has 1 atom stereocenters. The Hall–Kier alpha value is -1.91. The molecule has 3 rings (SSSR count). The van der Waals surface area contributed by atoms with Crippen LogP contribution in [0.15, 0.2) is 42.5 Å². The number of rotatable bonds is 5. The molecular weight excluding hydrogens is 267 g/mol. The molecular formula is C17H19FN2O. The lowest BCUT2D eigenvalue weighted by atomic mass is 9.97. The van der Waals surface area contributed by atoms with Crippen molar-refractivity contribution in [2.75, 3.05) is 0 Å². The molecule has 1 fully saturated rings. The fraction of sp³-hybridized carbons (Fsp3) is 0.294. The Morgan fingerprint density at radius 1 is 1.24 bits per heavy atom. The van der Waals surface area contributed by atoms with Crippen molar-refractivity contribution in [3.63, 3.8) is 0 Å². The van der Waals surface area contributed by atoms with Crippen LogP contribution in [-0.2, 0) is 0 Å². The van der Waals surface area contributed by atoms with E-state index < -0.39 is 6.04 Å². The largest absolute Gasteiger partial charge is 0.490 e. The predicted molar refractivity (Wildman–Crippen MR) is 80.4 cm³/mol. The second-order valence-corrected chi connectivity index (χ2v) is 5.51. The van der Waals surface area contributed by atoms with Crippen molar-refractivity contribution < 1.29 is 9.13 Å². The number of nitrogens with one attached hydrogen (secondary N) is 1. The highest BCUT2D eigenvalue weighted by Crippen LogP contribution is 2.30. The highest BCUT2D eigenvalue weighted by atomic mass is 19.1. The number of ether oxygens (including phenoxy) is 1. The van der Waals surface area contributed by atoms with E-state index in [4.69, 9.17) is 10.6 Å². The van der Waals surface area contributed by atoms with Gasteiger partial charge < -0.3 is 4.74 Å². The summed E-state index contributed by atoms with van der Waals surface area (Å²) >= 11 is 0. The van der Waals surface area contributed by atoms with E-state index in [-0.39, 0.29) is 5.82 Å². The minimum Gasteiger partial charge on any atom is -0.490 e. The van der Waals surface area contributed by atoms with Gasteiger partial charge in [-0.1, -0.05) is 24.3 Å². The molecule has 3 N–H and O–H groups in total. The van der Waals surface area contributed by atoms with E-state index in [1.54, 1.807) is 6.07 Å². The number of hydrazine groups is 1. The summed E-state index contributed by atoms with van der Waals surface area (Å²) in [5.74, 6) is 6.20. The highest BCUT2D eigenvalue weighted by molar-refractivity contribution is 5.38. The van der Waals surface area contributed by atoms with Gasteiger partial charge >= 0.3 is 0 Å². The van der Waals surface area contributed by atoms with Crippen LogP contribution in [0.3, 0.4) is 0 Å². The number of hydrogen-bond donors (Lipinski definition) is 2. The first-order chi connectivity index (χ1) is 10.2. The molecule has 0 radical (unpaired) electrons. The van der Waals surface area contributed by atoms with Crippen LogP contribution in [0.2, 0.25) is 0 Å². The van der Waals surface area contributed by atoms with Gasteiger partial charge in [0.25, 0.3) is 0 Å². The number of hydrogen-bond acceptors (Lipinski definition) is 3. The van der Waals surface area contributed by atoms with Crippen LogP contribution in [0.4, 0.5) is 4.39 Å². The van der Waals surface area contributed by atoms with Gasteiger partial charge in [-0.3, -0.25) is 5.84 Å². The lowest BCUT2D eigenvalue weighted by Gasteiger charge is -2.19. The molecule has 2 aromatic rings. The van der Waals surface area contributed by atoms with Gasteiger partial charge in [0.1, 0.15) is 11.6 Å². The monoisotopic (exact) mass is 286 g/mol. The molecule has 0 aromatic heterocycles. The first kappa shape index (κ1) is 14.0. The Labute approximate surface area is 123 Å². The van der Waals surface area contributed by atoms with E-state index in [2.05, 4.69) is 5.43 Å². The van der Waals surface area contributed by atoms with Crippen LogP contribution in [0, 0.1) is 12.7 Å². The molecule has 0 heterocycles. The molecule has 1 aliphatic carbocycles. The fourth-order valence-electron chi connectivity index (χ4n) is 2.38. The number of aryl methyl sites for hydroxylation is 1. The van der Waals surface area contributed by atoms with Gasteiger partial charge in [0.15, 0.2) is 0 Å². The fourth-order valence-corrected chi connectivity index (χ4v) is 2.38. The lowest BCUT2D eigenvalue weighted by molar-refractivity contribution is 0.302. The van der Waals surface area contributed by atoms with Crippen LogP contribution in [-0.4, -0.2) is 6.10 Å². The average Bonchev–Trinajstić information content (AvgIpc) is 3.26. The van der Waals surface area contributed by atoms with E-state index in [1.165, 1.54) is 6.07 Å². The maximum atomic E-state index is 14.2. The van der Waals surface area contributed by atoms with Crippen LogP contribution in [0.5, 0.6) is 5.75 Å². The van der Waals surface area contributed by atoms with Gasteiger partial charge in [0, 0.05) is 5.56 Å². The summed E-state index contributed by atoms with van der Waals surface area (Å²) in [6.07, 6.45) is 2.55. The van der Waals surface area contributed by atoms with Crippen LogP contribution in [0.25, 0.3) is 0 Å². The van der Waals surface area contributed by atoms with Gasteiger partial charge in [-0.2, -0.15) is 0 Å². The Morgan fingerprint density at radius 3 is 2.71 bits per heavy atom. The number of halogens is 1. The first-order valence-electron chi connectivity index (χ1n) is 7.16. The summed E-state index contributed by atoms with van der Waals surface area (Å²) in [5, 5.41) is 0. The van der Waals surface area contributed by atoms with Crippen molar-refractivity contribution in [3.8, 4) is 5.75 Å². The van der Waals surface area contributed by atoms with E-state index in [0.717, 1.165) is 29.7 Å². The van der Waals surface area contributed by atoms with Gasteiger partial charge in [0.05, 0.1) is 12.1 Å². The molecule has 4 heteroatoms. The van der Waals surface area contributed by atoms with Gasteiger partial charge in [-0.15, -0.1) is 0 Å². The Morgan fingerprint density at radius 2 is 2.05 bits per heavy atom. The van der Waals surface area contributed by atoms with Crippen molar-refractivity contribution >= 4 is 0 Å². The Kier molecular flexibility index (Phi) is 3.90. The maximum Gasteiger partial charge on any atom is 0.128 e. The highest BCUT2D eigenvalue weighted by Gasteiger charge is 2.24. The summed E-state index contributed by atoms with van der Waals surface area (Å²) in [7, 11) is 0. The van der Waals surface area contributed by atoms with Crippen LogP contribution >= 0.6 is 0 Å². The molecule has 0 saturated heterocycles. The summed E-state index contributed by atoms with van der Waals surface area (Å²) in [5.41, 5.74) is 5.00. The second kappa shape index (κ2) is 5.84. The molecule has 3 nitrogen and oxygen atoms in total.